The van der Waals surface area contributed by atoms with Gasteiger partial charge in [-0.2, -0.15) is 0 Å². The zero-order chi connectivity index (χ0) is 20.4. The highest BCUT2D eigenvalue weighted by Crippen LogP contribution is 2.39. The van der Waals surface area contributed by atoms with Crippen LogP contribution in [0, 0.1) is 15.9 Å². The van der Waals surface area contributed by atoms with E-state index in [1.165, 1.54) is 18.2 Å². The number of nitro benzene ring substituents is 1. The normalized spacial score (nSPS) is 11.0. The molecule has 144 valence electrons. The fraction of sp³-hybridized carbons (Fsp3) is 0.125. The Kier molecular flexibility index (Phi) is 5.04. The molecular formula is C24H19FN2O2. The van der Waals surface area contributed by atoms with Crippen molar-refractivity contribution in [3.63, 3.8) is 0 Å². The molecule has 29 heavy (non-hydrogen) atoms. The Morgan fingerprint density at radius 1 is 0.966 bits per heavy atom. The Morgan fingerprint density at radius 2 is 1.69 bits per heavy atom. The van der Waals surface area contributed by atoms with E-state index in [1.54, 1.807) is 24.3 Å². The van der Waals surface area contributed by atoms with Gasteiger partial charge in [0.25, 0.3) is 5.69 Å². The van der Waals surface area contributed by atoms with Crippen molar-refractivity contribution in [3.05, 3.63) is 94.3 Å². The Bertz CT molecular complexity index is 1190. The summed E-state index contributed by atoms with van der Waals surface area (Å²) in [6.45, 7) is 2.08. The molecule has 0 aliphatic carbocycles. The molecule has 0 aliphatic rings. The van der Waals surface area contributed by atoms with Gasteiger partial charge < -0.3 is 0 Å². The van der Waals surface area contributed by atoms with Gasteiger partial charge in [-0.1, -0.05) is 43.7 Å². The number of fused-ring (bicyclic) bond motifs is 1. The minimum absolute atomic E-state index is 0.0356. The molecule has 0 unspecified atom stereocenters. The van der Waals surface area contributed by atoms with Crippen molar-refractivity contribution in [3.8, 4) is 22.4 Å². The first kappa shape index (κ1) is 18.7. The molecule has 0 atom stereocenters. The number of hydrogen-bond donors (Lipinski definition) is 0. The van der Waals surface area contributed by atoms with Crippen LogP contribution in [-0.4, -0.2) is 9.91 Å². The summed E-state index contributed by atoms with van der Waals surface area (Å²) in [6, 6.07) is 20.9. The lowest BCUT2D eigenvalue weighted by molar-refractivity contribution is -0.384. The van der Waals surface area contributed by atoms with Crippen LogP contribution in [0.15, 0.2) is 72.8 Å². The molecule has 4 nitrogen and oxygen atoms in total. The molecule has 0 spiro atoms. The first-order chi connectivity index (χ1) is 14.1. The summed E-state index contributed by atoms with van der Waals surface area (Å²) in [6.07, 6.45) is 1.64. The first-order valence-electron chi connectivity index (χ1n) is 9.51. The Labute approximate surface area is 167 Å². The Hall–Kier alpha value is -3.60. The van der Waals surface area contributed by atoms with E-state index in [0.29, 0.717) is 5.52 Å². The number of pyridine rings is 1. The van der Waals surface area contributed by atoms with Crippen LogP contribution in [0.5, 0.6) is 0 Å². The van der Waals surface area contributed by atoms with Gasteiger partial charge in [0.1, 0.15) is 5.82 Å². The largest absolute Gasteiger partial charge is 0.270 e. The minimum Gasteiger partial charge on any atom is -0.258 e. The monoisotopic (exact) mass is 386 g/mol. The van der Waals surface area contributed by atoms with Gasteiger partial charge in [-0.3, -0.25) is 10.1 Å². The summed E-state index contributed by atoms with van der Waals surface area (Å²) in [4.78, 5) is 15.8. The van der Waals surface area contributed by atoms with E-state index in [-0.39, 0.29) is 16.4 Å². The number of benzene rings is 3. The van der Waals surface area contributed by atoms with Crippen LogP contribution in [0.1, 0.15) is 18.9 Å². The van der Waals surface area contributed by atoms with Crippen molar-refractivity contribution in [2.75, 3.05) is 0 Å². The molecule has 0 N–H and O–H groups in total. The van der Waals surface area contributed by atoms with E-state index in [9.17, 15) is 14.5 Å². The van der Waals surface area contributed by atoms with Crippen molar-refractivity contribution >= 4 is 16.6 Å². The second-order valence-electron chi connectivity index (χ2n) is 6.90. The molecule has 4 rings (SSSR count). The van der Waals surface area contributed by atoms with E-state index in [0.717, 1.165) is 46.2 Å². The van der Waals surface area contributed by atoms with Gasteiger partial charge in [0.2, 0.25) is 0 Å². The van der Waals surface area contributed by atoms with Crippen LogP contribution in [0.25, 0.3) is 33.3 Å². The number of nitro groups is 1. The number of hydrogen-bond acceptors (Lipinski definition) is 3. The summed E-state index contributed by atoms with van der Waals surface area (Å²) in [5.41, 5.74) is 5.26. The number of rotatable bonds is 5. The molecule has 1 aromatic heterocycles. The summed E-state index contributed by atoms with van der Waals surface area (Å²) < 4.78 is 13.5. The zero-order valence-corrected chi connectivity index (χ0v) is 15.9. The van der Waals surface area contributed by atoms with Gasteiger partial charge >= 0.3 is 0 Å². The van der Waals surface area contributed by atoms with Crippen molar-refractivity contribution in [1.82, 2.24) is 4.98 Å². The predicted molar refractivity (Wildman–Crippen MR) is 113 cm³/mol. The maximum atomic E-state index is 13.5. The van der Waals surface area contributed by atoms with E-state index >= 15 is 0 Å². The fourth-order valence-corrected chi connectivity index (χ4v) is 3.68. The predicted octanol–water partition coefficient (Wildman–Crippen LogP) is 6.57. The van der Waals surface area contributed by atoms with E-state index in [2.05, 4.69) is 6.92 Å². The second kappa shape index (κ2) is 7.80. The van der Waals surface area contributed by atoms with Crippen molar-refractivity contribution < 1.29 is 9.31 Å². The number of aromatic nitrogens is 1. The van der Waals surface area contributed by atoms with Crippen molar-refractivity contribution in [2.45, 2.75) is 19.8 Å². The zero-order valence-electron chi connectivity index (χ0n) is 15.9. The van der Waals surface area contributed by atoms with Gasteiger partial charge in [-0.15, -0.1) is 0 Å². The lowest BCUT2D eigenvalue weighted by atomic mass is 9.89. The van der Waals surface area contributed by atoms with Gasteiger partial charge in [0.05, 0.1) is 16.1 Å². The molecule has 5 heteroatoms. The molecule has 0 amide bonds. The van der Waals surface area contributed by atoms with E-state index < -0.39 is 0 Å². The first-order valence-corrected chi connectivity index (χ1v) is 9.51. The number of halogens is 1. The summed E-state index contributed by atoms with van der Waals surface area (Å²) >= 11 is 0. The average molecular weight is 386 g/mol. The third-order valence-corrected chi connectivity index (χ3v) is 4.96. The highest BCUT2D eigenvalue weighted by atomic mass is 19.1. The standard InChI is InChI=1S/C24H19FN2O2/c1-2-6-20-23(16-7-4-3-5-8-16)21-15-19(27(28)29)13-14-22(21)26-24(20)17-9-11-18(25)12-10-17/h3-5,7-15H,2,6H2,1H3. The third kappa shape index (κ3) is 3.59. The molecule has 0 aliphatic heterocycles. The second-order valence-corrected chi connectivity index (χ2v) is 6.90. The lowest BCUT2D eigenvalue weighted by Crippen LogP contribution is -2.00. The van der Waals surface area contributed by atoms with E-state index in [4.69, 9.17) is 4.98 Å². The quantitative estimate of drug-likeness (QED) is 0.288. The van der Waals surface area contributed by atoms with Crippen molar-refractivity contribution in [1.29, 1.82) is 0 Å². The highest BCUT2D eigenvalue weighted by Gasteiger charge is 2.19. The minimum atomic E-state index is -0.387. The van der Waals surface area contributed by atoms with Gasteiger partial charge in [-0.05, 0) is 53.4 Å². The Balaban J connectivity index is 2.11. The smallest absolute Gasteiger partial charge is 0.258 e. The van der Waals surface area contributed by atoms with Crippen LogP contribution in [0.2, 0.25) is 0 Å². The van der Waals surface area contributed by atoms with E-state index in [1.807, 2.05) is 30.3 Å². The van der Waals surface area contributed by atoms with Crippen LogP contribution >= 0.6 is 0 Å². The summed E-state index contributed by atoms with van der Waals surface area (Å²) in [5, 5.41) is 12.1. The molecule has 0 fully saturated rings. The summed E-state index contributed by atoms with van der Waals surface area (Å²) in [5.74, 6) is -0.300. The third-order valence-electron chi connectivity index (χ3n) is 4.96. The average Bonchev–Trinajstić information content (AvgIpc) is 2.74. The molecule has 0 radical (unpaired) electrons. The highest BCUT2D eigenvalue weighted by molar-refractivity contribution is 6.00. The molecule has 0 saturated carbocycles. The van der Waals surface area contributed by atoms with Gasteiger partial charge in [0.15, 0.2) is 0 Å². The molecule has 0 bridgehead atoms. The topological polar surface area (TPSA) is 56.0 Å². The van der Waals surface area contributed by atoms with Crippen LogP contribution in [-0.2, 0) is 6.42 Å². The fourth-order valence-electron chi connectivity index (χ4n) is 3.68. The maximum absolute atomic E-state index is 13.5. The van der Waals surface area contributed by atoms with Crippen molar-refractivity contribution in [2.24, 2.45) is 0 Å². The molecule has 4 aromatic rings. The molecule has 1 heterocycles. The van der Waals surface area contributed by atoms with Crippen LogP contribution in [0.3, 0.4) is 0 Å². The maximum Gasteiger partial charge on any atom is 0.270 e. The Morgan fingerprint density at radius 3 is 2.34 bits per heavy atom. The SMILES string of the molecule is CCCc1c(-c2ccc(F)cc2)nc2ccc([N+](=O)[O-])cc2c1-c1ccccc1. The lowest BCUT2D eigenvalue weighted by Gasteiger charge is -2.17. The van der Waals surface area contributed by atoms with Crippen LogP contribution < -0.4 is 0 Å². The summed E-state index contributed by atoms with van der Waals surface area (Å²) in [7, 11) is 0. The molecule has 3 aromatic carbocycles. The number of nitrogens with zero attached hydrogens (tertiary/aromatic N) is 2. The molecular weight excluding hydrogens is 367 g/mol. The number of non-ortho nitro benzene ring substituents is 1. The van der Waals surface area contributed by atoms with Gasteiger partial charge in [-0.25, -0.2) is 9.37 Å². The molecule has 0 saturated heterocycles. The van der Waals surface area contributed by atoms with Gasteiger partial charge in [0, 0.05) is 23.1 Å². The van der Waals surface area contributed by atoms with Crippen LogP contribution in [0.4, 0.5) is 10.1 Å².